The van der Waals surface area contributed by atoms with Crippen LogP contribution in [0, 0.1) is 11.8 Å². The van der Waals surface area contributed by atoms with Crippen molar-refractivity contribution in [3.63, 3.8) is 0 Å². The van der Waals surface area contributed by atoms with E-state index in [1.54, 1.807) is 12.4 Å². The zero-order valence-corrected chi connectivity index (χ0v) is 16.9. The number of piperidine rings is 1. The largest absolute Gasteiger partial charge is 0.356 e. The van der Waals surface area contributed by atoms with Gasteiger partial charge in [-0.3, -0.25) is 4.79 Å². The Hall–Kier alpha value is -3.16. The highest BCUT2D eigenvalue weighted by Gasteiger charge is 2.45. The Kier molecular flexibility index (Phi) is 3.94. The lowest BCUT2D eigenvalue weighted by Crippen LogP contribution is -2.27. The first kappa shape index (κ1) is 17.7. The van der Waals surface area contributed by atoms with Crippen LogP contribution in [-0.4, -0.2) is 38.7 Å². The summed E-state index contributed by atoms with van der Waals surface area (Å²) >= 11 is 0. The number of fused-ring (bicyclic) bond motifs is 2. The van der Waals surface area contributed by atoms with Gasteiger partial charge in [-0.15, -0.1) is 0 Å². The molecule has 3 aromatic heterocycles. The number of nitrogens with zero attached hydrogens (tertiary/aromatic N) is 5. The molecule has 8 heteroatoms. The predicted octanol–water partition coefficient (Wildman–Crippen LogP) is 2.27. The van der Waals surface area contributed by atoms with E-state index in [-0.39, 0.29) is 17.7 Å². The number of hydrogen-bond donors (Lipinski definition) is 1. The van der Waals surface area contributed by atoms with E-state index in [1.165, 1.54) is 12.1 Å². The van der Waals surface area contributed by atoms with Crippen LogP contribution < -0.4 is 10.2 Å². The molecule has 3 atom stereocenters. The van der Waals surface area contributed by atoms with Crippen LogP contribution in [0.1, 0.15) is 52.1 Å². The molecule has 0 spiro atoms. The van der Waals surface area contributed by atoms with Crippen LogP contribution in [0.3, 0.4) is 0 Å². The summed E-state index contributed by atoms with van der Waals surface area (Å²) in [4.78, 5) is 24.0. The van der Waals surface area contributed by atoms with Crippen molar-refractivity contribution in [3.05, 3.63) is 59.1 Å². The molecule has 1 saturated heterocycles. The molecule has 3 aromatic rings. The highest BCUT2D eigenvalue weighted by atomic mass is 16.5. The lowest BCUT2D eigenvalue weighted by Gasteiger charge is -2.18. The van der Waals surface area contributed by atoms with Crippen LogP contribution in [0.15, 0.2) is 35.2 Å². The summed E-state index contributed by atoms with van der Waals surface area (Å²) in [7, 11) is 1.98. The van der Waals surface area contributed by atoms with Crippen LogP contribution in [0.5, 0.6) is 0 Å². The van der Waals surface area contributed by atoms with E-state index in [1.807, 2.05) is 17.8 Å². The van der Waals surface area contributed by atoms with Crippen LogP contribution in [0.4, 0.5) is 5.82 Å². The first-order valence-corrected chi connectivity index (χ1v) is 10.6. The maximum atomic E-state index is 12.6. The molecule has 3 aliphatic rings. The Labute approximate surface area is 174 Å². The van der Waals surface area contributed by atoms with E-state index in [0.717, 1.165) is 60.5 Å². The van der Waals surface area contributed by atoms with Gasteiger partial charge in [0.15, 0.2) is 0 Å². The van der Waals surface area contributed by atoms with Gasteiger partial charge < -0.3 is 19.3 Å². The summed E-state index contributed by atoms with van der Waals surface area (Å²) in [6.45, 7) is 2.28. The van der Waals surface area contributed by atoms with E-state index in [0.29, 0.717) is 6.42 Å². The molecule has 6 rings (SSSR count). The van der Waals surface area contributed by atoms with E-state index < -0.39 is 0 Å². The maximum absolute atomic E-state index is 12.6. The molecule has 0 bridgehead atoms. The highest BCUT2D eigenvalue weighted by molar-refractivity contribution is 5.91. The topological polar surface area (TPSA) is 89.1 Å². The summed E-state index contributed by atoms with van der Waals surface area (Å²) in [6.07, 6.45) is 7.44. The van der Waals surface area contributed by atoms with E-state index in [2.05, 4.69) is 37.5 Å². The van der Waals surface area contributed by atoms with Crippen molar-refractivity contribution in [1.82, 2.24) is 25.0 Å². The Balaban J connectivity index is 1.09. The second-order valence-electron chi connectivity index (χ2n) is 8.80. The Morgan fingerprint density at radius 3 is 2.93 bits per heavy atom. The molecule has 2 unspecified atom stereocenters. The lowest BCUT2D eigenvalue weighted by atomic mass is 10.1. The molecule has 1 amide bonds. The molecule has 1 N–H and O–H groups in total. The number of aryl methyl sites for hydroxylation is 1. The van der Waals surface area contributed by atoms with Crippen LogP contribution in [0.25, 0.3) is 0 Å². The third kappa shape index (κ3) is 3.07. The van der Waals surface area contributed by atoms with Crippen molar-refractivity contribution in [2.45, 2.75) is 31.7 Å². The minimum Gasteiger partial charge on any atom is -0.356 e. The summed E-state index contributed by atoms with van der Waals surface area (Å²) in [6, 6.07) is 5.81. The molecule has 2 aliphatic carbocycles. The number of imidazole rings is 1. The van der Waals surface area contributed by atoms with Gasteiger partial charge in [0.1, 0.15) is 5.82 Å². The predicted molar refractivity (Wildman–Crippen MR) is 109 cm³/mol. The zero-order valence-electron chi connectivity index (χ0n) is 16.9. The lowest BCUT2D eigenvalue weighted by molar-refractivity contribution is 0.0898. The molecule has 8 nitrogen and oxygen atoms in total. The third-order valence-corrected chi connectivity index (χ3v) is 6.68. The summed E-state index contributed by atoms with van der Waals surface area (Å²) in [5.74, 6) is 2.81. The number of carbonyl (C=O) groups is 1. The molecule has 1 saturated carbocycles. The second kappa shape index (κ2) is 6.68. The van der Waals surface area contributed by atoms with Crippen molar-refractivity contribution in [1.29, 1.82) is 0 Å². The SMILES string of the molecule is Cn1cnc2c1CC[C@H]2NC(=O)c1cc(Cc2ccc(N3CC4CC4C3)nc2)no1. The Bertz CT molecular complexity index is 1090. The van der Waals surface area contributed by atoms with Gasteiger partial charge in [0, 0.05) is 44.5 Å². The molecule has 0 radical (unpaired) electrons. The van der Waals surface area contributed by atoms with Crippen LogP contribution in [0.2, 0.25) is 0 Å². The van der Waals surface area contributed by atoms with Crippen molar-refractivity contribution in [3.8, 4) is 0 Å². The molecule has 4 heterocycles. The number of amides is 1. The second-order valence-corrected chi connectivity index (χ2v) is 8.80. The third-order valence-electron chi connectivity index (χ3n) is 6.68. The van der Waals surface area contributed by atoms with Gasteiger partial charge in [0.25, 0.3) is 5.91 Å². The number of anilines is 1. The van der Waals surface area contributed by atoms with Crippen molar-refractivity contribution in [2.24, 2.45) is 18.9 Å². The summed E-state index contributed by atoms with van der Waals surface area (Å²) < 4.78 is 7.32. The molecule has 1 aliphatic heterocycles. The van der Waals surface area contributed by atoms with E-state index in [9.17, 15) is 4.79 Å². The molecule has 0 aromatic carbocycles. The molecule has 30 heavy (non-hydrogen) atoms. The highest BCUT2D eigenvalue weighted by Crippen LogP contribution is 2.45. The fourth-order valence-corrected chi connectivity index (χ4v) is 4.86. The average molecular weight is 404 g/mol. The van der Waals surface area contributed by atoms with Gasteiger partial charge in [0.05, 0.1) is 23.8 Å². The molecule has 2 fully saturated rings. The monoisotopic (exact) mass is 404 g/mol. The Morgan fingerprint density at radius 2 is 2.13 bits per heavy atom. The van der Waals surface area contributed by atoms with Crippen LogP contribution >= 0.6 is 0 Å². The number of rotatable bonds is 5. The standard InChI is InChI=1S/C22H24N6O2/c1-27-12-24-21-17(3-4-18(21)27)25-22(29)19-8-16(26-30-19)6-13-2-5-20(23-9-13)28-10-14-7-15(14)11-28/h2,5,8-9,12,14-15,17H,3-4,6-7,10-11H2,1H3,(H,25,29)/t14?,15?,17-/m1/s1. The number of pyridine rings is 1. The maximum Gasteiger partial charge on any atom is 0.290 e. The molecule has 154 valence electrons. The van der Waals surface area contributed by atoms with E-state index in [4.69, 9.17) is 4.52 Å². The quantitative estimate of drug-likeness (QED) is 0.702. The van der Waals surface area contributed by atoms with Gasteiger partial charge in [0.2, 0.25) is 5.76 Å². The molecular weight excluding hydrogens is 380 g/mol. The summed E-state index contributed by atoms with van der Waals surface area (Å²) in [5, 5.41) is 7.10. The van der Waals surface area contributed by atoms with Gasteiger partial charge in [-0.25, -0.2) is 9.97 Å². The first-order chi connectivity index (χ1) is 14.6. The Morgan fingerprint density at radius 1 is 1.27 bits per heavy atom. The van der Waals surface area contributed by atoms with Gasteiger partial charge >= 0.3 is 0 Å². The van der Waals surface area contributed by atoms with Crippen molar-refractivity contribution in [2.75, 3.05) is 18.0 Å². The van der Waals surface area contributed by atoms with Gasteiger partial charge in [-0.05, 0) is 42.7 Å². The van der Waals surface area contributed by atoms with Gasteiger partial charge in [-0.2, -0.15) is 0 Å². The minimum atomic E-state index is -0.252. The van der Waals surface area contributed by atoms with E-state index >= 15 is 0 Å². The van der Waals surface area contributed by atoms with Crippen LogP contribution in [-0.2, 0) is 19.9 Å². The zero-order chi connectivity index (χ0) is 20.2. The number of nitrogens with one attached hydrogen (secondary N) is 1. The van der Waals surface area contributed by atoms with Crippen molar-refractivity contribution >= 4 is 11.7 Å². The molecular formula is C22H24N6O2. The minimum absolute atomic E-state index is 0.0735. The fourth-order valence-electron chi connectivity index (χ4n) is 4.86. The number of hydrogen-bond acceptors (Lipinski definition) is 6. The van der Waals surface area contributed by atoms with Crippen molar-refractivity contribution < 1.29 is 9.32 Å². The van der Waals surface area contributed by atoms with Gasteiger partial charge in [-0.1, -0.05) is 11.2 Å². The normalized spacial score (nSPS) is 24.0. The smallest absolute Gasteiger partial charge is 0.290 e. The summed E-state index contributed by atoms with van der Waals surface area (Å²) in [5.41, 5.74) is 3.91. The first-order valence-electron chi connectivity index (χ1n) is 10.6. The average Bonchev–Trinajstić information content (AvgIpc) is 3.21. The number of aromatic nitrogens is 4. The number of carbonyl (C=O) groups excluding carboxylic acids is 1. The fraction of sp³-hybridized carbons (Fsp3) is 0.455.